The molecule has 3 heterocycles. The van der Waals surface area contributed by atoms with Gasteiger partial charge in [-0.05, 0) is 57.9 Å². The van der Waals surface area contributed by atoms with Crippen molar-refractivity contribution in [1.82, 2.24) is 24.3 Å². The SMILES string of the molecule is C=CC(=O)N1CCN(C(C)(C)c2ccc([C@H](C)Nc3ncc4ccc(=O)n(C(C)C)c4n3)cc2)CC1. The summed E-state index contributed by atoms with van der Waals surface area (Å²) in [7, 11) is 0. The number of hydrogen-bond acceptors (Lipinski definition) is 6. The minimum absolute atomic E-state index is 0.00109. The average molecular weight is 489 g/mol. The number of nitrogens with zero attached hydrogens (tertiary/aromatic N) is 5. The maximum Gasteiger partial charge on any atom is 0.252 e. The van der Waals surface area contributed by atoms with Crippen LogP contribution in [-0.4, -0.2) is 56.4 Å². The molecule has 1 atom stereocenters. The maximum atomic E-state index is 12.4. The Bertz CT molecular complexity index is 1300. The lowest BCUT2D eigenvalue weighted by molar-refractivity contribution is -0.128. The smallest absolute Gasteiger partial charge is 0.252 e. The summed E-state index contributed by atoms with van der Waals surface area (Å²) in [6.07, 6.45) is 3.14. The molecule has 1 fully saturated rings. The van der Waals surface area contributed by atoms with Gasteiger partial charge < -0.3 is 10.2 Å². The third-order valence-electron chi connectivity index (χ3n) is 7.20. The van der Waals surface area contributed by atoms with Crippen LogP contribution in [-0.2, 0) is 10.3 Å². The van der Waals surface area contributed by atoms with E-state index in [4.69, 9.17) is 0 Å². The van der Waals surface area contributed by atoms with Crippen LogP contribution in [0.2, 0.25) is 0 Å². The van der Waals surface area contributed by atoms with E-state index in [-0.39, 0.29) is 29.1 Å². The molecule has 0 saturated carbocycles. The highest BCUT2D eigenvalue weighted by molar-refractivity contribution is 5.87. The van der Waals surface area contributed by atoms with E-state index >= 15 is 0 Å². The molecule has 1 aromatic carbocycles. The summed E-state index contributed by atoms with van der Waals surface area (Å²) in [6, 6.07) is 11.9. The van der Waals surface area contributed by atoms with Gasteiger partial charge in [0.25, 0.3) is 5.56 Å². The van der Waals surface area contributed by atoms with E-state index < -0.39 is 0 Å². The van der Waals surface area contributed by atoms with Crippen molar-refractivity contribution in [1.29, 1.82) is 0 Å². The fourth-order valence-corrected chi connectivity index (χ4v) is 4.86. The molecule has 0 aliphatic carbocycles. The van der Waals surface area contributed by atoms with Crippen LogP contribution >= 0.6 is 0 Å². The van der Waals surface area contributed by atoms with Gasteiger partial charge in [0, 0.05) is 55.4 Å². The quantitative estimate of drug-likeness (QED) is 0.504. The molecular weight excluding hydrogens is 452 g/mol. The summed E-state index contributed by atoms with van der Waals surface area (Å²) in [6.45, 7) is 17.2. The van der Waals surface area contributed by atoms with E-state index in [2.05, 4.69) is 71.8 Å². The van der Waals surface area contributed by atoms with E-state index in [0.717, 1.165) is 24.0 Å². The fourth-order valence-electron chi connectivity index (χ4n) is 4.86. The number of amides is 1. The van der Waals surface area contributed by atoms with Crippen LogP contribution in [0.1, 0.15) is 57.8 Å². The number of rotatable bonds is 7. The molecule has 1 amide bonds. The number of carbonyl (C=O) groups is 1. The predicted molar refractivity (Wildman–Crippen MR) is 144 cm³/mol. The molecule has 190 valence electrons. The standard InChI is InChI=1S/C28H36N6O2/c1-7-24(35)32-14-16-33(17-15-32)28(5,6)23-11-8-21(9-12-23)20(4)30-27-29-18-22-10-13-25(36)34(19(2)3)26(22)31-27/h7-13,18-20H,1,14-17H2,2-6H3,(H,29,30,31)/t20-/m0/s1. The first kappa shape index (κ1) is 25.6. The van der Waals surface area contributed by atoms with Crippen LogP contribution in [0.3, 0.4) is 0 Å². The van der Waals surface area contributed by atoms with Crippen LogP contribution < -0.4 is 10.9 Å². The van der Waals surface area contributed by atoms with Crippen LogP contribution in [0, 0.1) is 0 Å². The molecule has 1 aliphatic heterocycles. The fraction of sp³-hybridized carbons (Fsp3) is 0.429. The third-order valence-corrected chi connectivity index (χ3v) is 7.20. The molecule has 0 unspecified atom stereocenters. The normalized spacial score (nSPS) is 15.8. The number of piperazine rings is 1. The van der Waals surface area contributed by atoms with Gasteiger partial charge in [0.2, 0.25) is 11.9 Å². The number of pyridine rings is 1. The van der Waals surface area contributed by atoms with Crippen LogP contribution in [0.15, 0.2) is 60.0 Å². The molecule has 8 nitrogen and oxygen atoms in total. The second kappa shape index (κ2) is 10.2. The van der Waals surface area contributed by atoms with Crippen molar-refractivity contribution in [3.63, 3.8) is 0 Å². The zero-order valence-electron chi connectivity index (χ0n) is 21.9. The van der Waals surface area contributed by atoms with E-state index in [0.29, 0.717) is 24.7 Å². The van der Waals surface area contributed by atoms with Crippen LogP contribution in [0.25, 0.3) is 11.0 Å². The molecule has 8 heteroatoms. The van der Waals surface area contributed by atoms with E-state index in [9.17, 15) is 9.59 Å². The lowest BCUT2D eigenvalue weighted by atomic mass is 9.90. The van der Waals surface area contributed by atoms with Crippen LogP contribution in [0.5, 0.6) is 0 Å². The molecule has 3 aromatic rings. The number of benzene rings is 1. The molecule has 0 bridgehead atoms. The zero-order chi connectivity index (χ0) is 26.0. The van der Waals surface area contributed by atoms with Gasteiger partial charge in [-0.25, -0.2) is 4.98 Å². The van der Waals surface area contributed by atoms with Gasteiger partial charge in [0.1, 0.15) is 5.65 Å². The number of nitrogens with one attached hydrogen (secondary N) is 1. The summed E-state index contributed by atoms with van der Waals surface area (Å²) in [5.74, 6) is 0.493. The third kappa shape index (κ3) is 5.04. The minimum Gasteiger partial charge on any atom is -0.348 e. The molecule has 1 N–H and O–H groups in total. The summed E-state index contributed by atoms with van der Waals surface area (Å²) < 4.78 is 1.69. The number of anilines is 1. The molecule has 36 heavy (non-hydrogen) atoms. The molecule has 2 aromatic heterocycles. The Morgan fingerprint density at radius 2 is 1.72 bits per heavy atom. The van der Waals surface area contributed by atoms with Gasteiger partial charge in [-0.1, -0.05) is 30.8 Å². The van der Waals surface area contributed by atoms with Crippen molar-refractivity contribution < 1.29 is 4.79 Å². The number of aromatic nitrogens is 3. The van der Waals surface area contributed by atoms with Gasteiger partial charge in [-0.3, -0.25) is 19.1 Å². The van der Waals surface area contributed by atoms with Gasteiger partial charge in [-0.2, -0.15) is 4.98 Å². The van der Waals surface area contributed by atoms with Crippen LogP contribution in [0.4, 0.5) is 5.95 Å². The average Bonchev–Trinajstić information content (AvgIpc) is 2.87. The summed E-state index contributed by atoms with van der Waals surface area (Å²) in [5.41, 5.74) is 2.76. The van der Waals surface area contributed by atoms with Crippen molar-refractivity contribution >= 4 is 22.9 Å². The Labute approximate surface area is 212 Å². The highest BCUT2D eigenvalue weighted by atomic mass is 16.2. The van der Waals surface area contributed by atoms with E-state index in [1.807, 2.05) is 18.7 Å². The van der Waals surface area contributed by atoms with E-state index in [1.54, 1.807) is 22.9 Å². The molecule has 4 rings (SSSR count). The minimum atomic E-state index is -0.152. The zero-order valence-corrected chi connectivity index (χ0v) is 21.9. The molecule has 0 radical (unpaired) electrons. The lowest BCUT2D eigenvalue weighted by Gasteiger charge is -2.44. The van der Waals surface area contributed by atoms with E-state index in [1.165, 1.54) is 11.6 Å². The first-order chi connectivity index (χ1) is 17.1. The van der Waals surface area contributed by atoms with Gasteiger partial charge in [-0.15, -0.1) is 0 Å². The molecule has 1 aliphatic rings. The topological polar surface area (TPSA) is 83.4 Å². The number of hydrogen-bond donors (Lipinski definition) is 1. The summed E-state index contributed by atoms with van der Waals surface area (Å²) in [4.78, 5) is 37.7. The lowest BCUT2D eigenvalue weighted by Crippen LogP contribution is -2.54. The highest BCUT2D eigenvalue weighted by Crippen LogP contribution is 2.30. The first-order valence-corrected chi connectivity index (χ1v) is 12.5. The summed E-state index contributed by atoms with van der Waals surface area (Å²) in [5, 5.41) is 4.22. The Morgan fingerprint density at radius 1 is 1.06 bits per heavy atom. The van der Waals surface area contributed by atoms with Crippen molar-refractivity contribution in [2.45, 2.75) is 52.2 Å². The van der Waals surface area contributed by atoms with Crippen molar-refractivity contribution in [2.75, 3.05) is 31.5 Å². The molecular formula is C28H36N6O2. The van der Waals surface area contributed by atoms with Gasteiger partial charge in [0.05, 0.1) is 6.04 Å². The predicted octanol–water partition coefficient (Wildman–Crippen LogP) is 4.11. The summed E-state index contributed by atoms with van der Waals surface area (Å²) >= 11 is 0. The Balaban J connectivity index is 1.47. The Kier molecular flexibility index (Phi) is 7.26. The molecule has 0 spiro atoms. The maximum absolute atomic E-state index is 12.4. The van der Waals surface area contributed by atoms with Crippen molar-refractivity contribution in [2.24, 2.45) is 0 Å². The van der Waals surface area contributed by atoms with Gasteiger partial charge in [0.15, 0.2) is 0 Å². The van der Waals surface area contributed by atoms with Gasteiger partial charge >= 0.3 is 0 Å². The Morgan fingerprint density at radius 3 is 2.33 bits per heavy atom. The second-order valence-corrected chi connectivity index (χ2v) is 10.2. The van der Waals surface area contributed by atoms with Crippen molar-refractivity contribution in [3.05, 3.63) is 76.7 Å². The first-order valence-electron chi connectivity index (χ1n) is 12.5. The monoisotopic (exact) mass is 488 g/mol. The second-order valence-electron chi connectivity index (χ2n) is 10.2. The highest BCUT2D eigenvalue weighted by Gasteiger charge is 2.32. The van der Waals surface area contributed by atoms with Crippen molar-refractivity contribution in [3.8, 4) is 0 Å². The number of fused-ring (bicyclic) bond motifs is 1. The number of carbonyl (C=O) groups excluding carboxylic acids is 1. The largest absolute Gasteiger partial charge is 0.348 e. The molecule has 1 saturated heterocycles. The Hall–Kier alpha value is -3.52.